The molecule has 0 saturated carbocycles. The first-order valence-corrected chi connectivity index (χ1v) is 9.57. The largest absolute Gasteiger partial charge is 1.00 e. The van der Waals surface area contributed by atoms with E-state index in [2.05, 4.69) is 31.2 Å². The first-order valence-electron chi connectivity index (χ1n) is 9.57. The molecule has 0 radical (unpaired) electrons. The molecule has 142 valence electrons. The lowest BCUT2D eigenvalue weighted by atomic mass is 9.88. The molecule has 1 aliphatic rings. The number of ether oxygens (including phenoxy) is 1. The van der Waals surface area contributed by atoms with Gasteiger partial charge in [-0.2, -0.15) is 0 Å². The molecule has 0 aromatic heterocycles. The van der Waals surface area contributed by atoms with Crippen LogP contribution in [0.4, 0.5) is 0 Å². The fraction of sp³-hybridized carbons (Fsp3) is 0.455. The minimum absolute atomic E-state index is 0. The Morgan fingerprint density at radius 3 is 2.23 bits per heavy atom. The molecule has 0 bridgehead atoms. The first kappa shape index (κ1) is 20.8. The highest BCUT2D eigenvalue weighted by Crippen LogP contribution is 2.31. The highest BCUT2D eigenvalue weighted by molar-refractivity contribution is 5.31. The summed E-state index contributed by atoms with van der Waals surface area (Å²) in [4.78, 5) is 1.61. The van der Waals surface area contributed by atoms with Crippen molar-refractivity contribution in [1.82, 2.24) is 0 Å². The monoisotopic (exact) mass is 375 g/mol. The lowest BCUT2D eigenvalue weighted by Crippen LogP contribution is -3.10. The summed E-state index contributed by atoms with van der Waals surface area (Å²) in [6, 6.07) is 18.4. The van der Waals surface area contributed by atoms with Crippen molar-refractivity contribution in [3.05, 3.63) is 65.7 Å². The third-order valence-electron chi connectivity index (χ3n) is 5.12. The second kappa shape index (κ2) is 10.6. The Morgan fingerprint density at radius 2 is 1.62 bits per heavy atom. The van der Waals surface area contributed by atoms with Crippen molar-refractivity contribution in [2.24, 2.45) is 0 Å². The molecule has 1 fully saturated rings. The van der Waals surface area contributed by atoms with Crippen LogP contribution in [0.2, 0.25) is 0 Å². The van der Waals surface area contributed by atoms with Crippen LogP contribution in [0.1, 0.15) is 49.3 Å². The van der Waals surface area contributed by atoms with Crippen LogP contribution >= 0.6 is 0 Å². The average Bonchev–Trinajstić information content (AvgIpc) is 3.18. The zero-order valence-corrected chi connectivity index (χ0v) is 16.3. The quantitative estimate of drug-likeness (QED) is 0.679. The van der Waals surface area contributed by atoms with Gasteiger partial charge in [-0.3, -0.25) is 0 Å². The number of likely N-dealkylation sites (tertiary alicyclic amines) is 1. The summed E-state index contributed by atoms with van der Waals surface area (Å²) < 4.78 is 5.66. The topological polar surface area (TPSA) is 33.9 Å². The molecule has 3 rings (SSSR count). The molecule has 0 amide bonds. The van der Waals surface area contributed by atoms with Gasteiger partial charge in [-0.15, -0.1) is 0 Å². The van der Waals surface area contributed by atoms with Crippen molar-refractivity contribution in [2.45, 2.75) is 38.2 Å². The molecular formula is C22H30ClNO2. The fourth-order valence-electron chi connectivity index (χ4n) is 3.72. The molecular weight excluding hydrogens is 346 g/mol. The molecule has 0 spiro atoms. The van der Waals surface area contributed by atoms with Gasteiger partial charge in [0.1, 0.15) is 5.75 Å². The maximum atomic E-state index is 11.1. The summed E-state index contributed by atoms with van der Waals surface area (Å²) in [5.74, 6) is 0.996. The number of nitrogens with one attached hydrogen (secondary N) is 1. The van der Waals surface area contributed by atoms with Crippen molar-refractivity contribution >= 4 is 0 Å². The lowest BCUT2D eigenvalue weighted by molar-refractivity contribution is -0.889. The Morgan fingerprint density at radius 1 is 0.962 bits per heavy atom. The molecule has 3 nitrogen and oxygen atoms in total. The Bertz CT molecular complexity index is 626. The molecule has 1 aliphatic heterocycles. The number of hydrogen-bond acceptors (Lipinski definition) is 2. The smallest absolute Gasteiger partial charge is 0.119 e. The zero-order chi connectivity index (χ0) is 17.5. The molecule has 2 aromatic rings. The summed E-state index contributed by atoms with van der Waals surface area (Å²) in [5, 5.41) is 11.1. The van der Waals surface area contributed by atoms with Gasteiger partial charge in [0.05, 0.1) is 38.3 Å². The molecule has 26 heavy (non-hydrogen) atoms. The van der Waals surface area contributed by atoms with E-state index in [0.717, 1.165) is 30.9 Å². The minimum Gasteiger partial charge on any atom is -1.00 e. The van der Waals surface area contributed by atoms with Crippen LogP contribution in [0.3, 0.4) is 0 Å². The van der Waals surface area contributed by atoms with Crippen molar-refractivity contribution in [3.63, 3.8) is 0 Å². The fourth-order valence-corrected chi connectivity index (χ4v) is 3.72. The summed E-state index contributed by atoms with van der Waals surface area (Å²) in [6.07, 6.45) is 3.11. The molecule has 1 heterocycles. The van der Waals surface area contributed by atoms with Gasteiger partial charge in [0, 0.05) is 12.8 Å². The number of aliphatic hydroxyl groups excluding tert-OH is 1. The molecule has 2 unspecified atom stereocenters. The van der Waals surface area contributed by atoms with Gasteiger partial charge in [-0.25, -0.2) is 0 Å². The van der Waals surface area contributed by atoms with Gasteiger partial charge in [-0.05, 0) is 29.7 Å². The summed E-state index contributed by atoms with van der Waals surface area (Å²) in [7, 11) is 0. The van der Waals surface area contributed by atoms with E-state index in [1.807, 2.05) is 30.3 Å². The van der Waals surface area contributed by atoms with Gasteiger partial charge in [0.25, 0.3) is 0 Å². The Balaban J connectivity index is 0.00000243. The molecule has 0 aliphatic carbocycles. The normalized spacial score (nSPS) is 16.7. The van der Waals surface area contributed by atoms with E-state index >= 15 is 0 Å². The number of benzene rings is 2. The SMILES string of the molecule is CCCOc1ccc(C(O)C(C[NH+]2CCCC2)c2ccccc2)cc1.[Cl-]. The first-order chi connectivity index (χ1) is 12.3. The van der Waals surface area contributed by atoms with Gasteiger partial charge in [0.15, 0.2) is 0 Å². The third-order valence-corrected chi connectivity index (χ3v) is 5.12. The van der Waals surface area contributed by atoms with E-state index in [-0.39, 0.29) is 18.3 Å². The zero-order valence-electron chi connectivity index (χ0n) is 15.5. The number of quaternary nitrogens is 1. The van der Waals surface area contributed by atoms with Crippen molar-refractivity contribution < 1.29 is 27.2 Å². The predicted octanol–water partition coefficient (Wildman–Crippen LogP) is -0.0247. The number of hydrogen-bond donors (Lipinski definition) is 2. The Labute approximate surface area is 163 Å². The van der Waals surface area contributed by atoms with Crippen LogP contribution in [-0.2, 0) is 0 Å². The van der Waals surface area contributed by atoms with Crippen LogP contribution in [0.15, 0.2) is 54.6 Å². The predicted molar refractivity (Wildman–Crippen MR) is 101 cm³/mol. The van der Waals surface area contributed by atoms with Gasteiger partial charge in [-0.1, -0.05) is 49.4 Å². The van der Waals surface area contributed by atoms with Gasteiger partial charge < -0.3 is 27.2 Å². The summed E-state index contributed by atoms with van der Waals surface area (Å²) in [6.45, 7) is 6.26. The van der Waals surface area contributed by atoms with Crippen LogP contribution in [0.5, 0.6) is 5.75 Å². The second-order valence-electron chi connectivity index (χ2n) is 7.04. The van der Waals surface area contributed by atoms with E-state index < -0.39 is 6.10 Å². The van der Waals surface area contributed by atoms with Gasteiger partial charge in [0.2, 0.25) is 0 Å². The summed E-state index contributed by atoms with van der Waals surface area (Å²) >= 11 is 0. The summed E-state index contributed by atoms with van der Waals surface area (Å²) in [5.41, 5.74) is 2.19. The molecule has 2 N–H and O–H groups in total. The number of rotatable bonds is 8. The average molecular weight is 376 g/mol. The number of halogens is 1. The van der Waals surface area contributed by atoms with Crippen molar-refractivity contribution in [3.8, 4) is 5.75 Å². The highest BCUT2D eigenvalue weighted by Gasteiger charge is 2.28. The van der Waals surface area contributed by atoms with Crippen molar-refractivity contribution in [1.29, 1.82) is 0 Å². The van der Waals surface area contributed by atoms with Crippen LogP contribution in [0, 0.1) is 0 Å². The maximum Gasteiger partial charge on any atom is 0.119 e. The van der Waals surface area contributed by atoms with E-state index in [1.165, 1.54) is 31.5 Å². The Hall–Kier alpha value is -1.55. The van der Waals surface area contributed by atoms with E-state index in [0.29, 0.717) is 0 Å². The van der Waals surface area contributed by atoms with Crippen molar-refractivity contribution in [2.75, 3.05) is 26.2 Å². The highest BCUT2D eigenvalue weighted by atomic mass is 35.5. The molecule has 4 heteroatoms. The maximum absolute atomic E-state index is 11.1. The molecule has 2 atom stereocenters. The van der Waals surface area contributed by atoms with Gasteiger partial charge >= 0.3 is 0 Å². The Kier molecular flexibility index (Phi) is 8.43. The van der Waals surface area contributed by atoms with Crippen LogP contribution in [-0.4, -0.2) is 31.3 Å². The van der Waals surface area contributed by atoms with E-state index in [4.69, 9.17) is 4.74 Å². The lowest BCUT2D eigenvalue weighted by Gasteiger charge is -2.26. The van der Waals surface area contributed by atoms with E-state index in [1.54, 1.807) is 4.90 Å². The standard InChI is InChI=1S/C22H29NO2.ClH/c1-2-16-25-20-12-10-19(11-13-20)22(24)21(17-23-14-6-7-15-23)18-8-4-3-5-9-18;/h3-5,8-13,21-22,24H,2,6-7,14-17H2,1H3;1H. The number of aliphatic hydroxyl groups is 1. The van der Waals surface area contributed by atoms with Crippen LogP contribution < -0.4 is 22.0 Å². The second-order valence-corrected chi connectivity index (χ2v) is 7.04. The molecule has 2 aromatic carbocycles. The van der Waals surface area contributed by atoms with Crippen LogP contribution in [0.25, 0.3) is 0 Å². The van der Waals surface area contributed by atoms with E-state index in [9.17, 15) is 5.11 Å². The molecule has 1 saturated heterocycles. The third kappa shape index (κ3) is 5.47. The minimum atomic E-state index is -0.490.